The molecule has 1 spiro atoms. The van der Waals surface area contributed by atoms with E-state index in [1.54, 1.807) is 13.0 Å². The molecule has 2 bridgehead atoms. The molecule has 5 rings (SSSR count). The predicted octanol–water partition coefficient (Wildman–Crippen LogP) is 2.65. The number of aliphatic hydroxyl groups is 1. The molecule has 0 radical (unpaired) electrons. The van der Waals surface area contributed by atoms with E-state index in [0.717, 1.165) is 43.0 Å². The summed E-state index contributed by atoms with van der Waals surface area (Å²) in [5.74, 6) is 1.20. The lowest BCUT2D eigenvalue weighted by atomic mass is 9.53. The highest BCUT2D eigenvalue weighted by molar-refractivity contribution is 5.93. The lowest BCUT2D eigenvalue weighted by Crippen LogP contribution is -2.72. The second-order valence-corrected chi connectivity index (χ2v) is 10.5. The van der Waals surface area contributed by atoms with Crippen LogP contribution < -0.4 is 10.1 Å². The second kappa shape index (κ2) is 6.97. The van der Waals surface area contributed by atoms with E-state index in [2.05, 4.69) is 10.2 Å². The normalized spacial score (nSPS) is 34.5. The van der Waals surface area contributed by atoms with Crippen molar-refractivity contribution in [1.82, 2.24) is 10.2 Å². The number of hydrogen-bond acceptors (Lipinski definition) is 5. The Kier molecular flexibility index (Phi) is 4.69. The Hall–Kier alpha value is -2.05. The Bertz CT molecular complexity index is 949. The fraction of sp³-hybridized carbons (Fsp3) is 0.640. The summed E-state index contributed by atoms with van der Waals surface area (Å²) in [7, 11) is 0. The summed E-state index contributed by atoms with van der Waals surface area (Å²) in [6, 6.07) is 3.72. The third-order valence-corrected chi connectivity index (χ3v) is 7.97. The van der Waals surface area contributed by atoms with Gasteiger partial charge in [0.15, 0.2) is 11.5 Å². The first kappa shape index (κ1) is 20.8. The van der Waals surface area contributed by atoms with Crippen LogP contribution >= 0.6 is 0 Å². The number of benzene rings is 1. The summed E-state index contributed by atoms with van der Waals surface area (Å²) in [5.41, 5.74) is 0.935. The van der Waals surface area contributed by atoms with Crippen molar-refractivity contribution in [2.45, 2.75) is 82.6 Å². The van der Waals surface area contributed by atoms with E-state index < -0.39 is 17.1 Å². The van der Waals surface area contributed by atoms with Crippen LogP contribution in [0.5, 0.6) is 11.5 Å². The van der Waals surface area contributed by atoms with Crippen molar-refractivity contribution in [3.8, 4) is 11.5 Å². The third-order valence-electron chi connectivity index (χ3n) is 7.97. The van der Waals surface area contributed by atoms with Crippen LogP contribution in [0.2, 0.25) is 0 Å². The van der Waals surface area contributed by atoms with E-state index in [1.807, 2.05) is 32.9 Å². The molecule has 2 aliphatic heterocycles. The summed E-state index contributed by atoms with van der Waals surface area (Å²) in [4.78, 5) is 15.1. The first-order chi connectivity index (χ1) is 14.6. The molecule has 3 N–H and O–H groups in total. The third kappa shape index (κ3) is 3.02. The number of carbonyl (C=O) groups excluding carboxylic acids is 1. The second-order valence-electron chi connectivity index (χ2n) is 10.5. The summed E-state index contributed by atoms with van der Waals surface area (Å²) in [6.07, 6.45) is 5.39. The van der Waals surface area contributed by atoms with Gasteiger partial charge in [-0.25, -0.2) is 0 Å². The molecule has 168 valence electrons. The minimum atomic E-state index is -1.04. The SMILES string of the molecule is C/C(=C\[C@@H]1Oc2c(O)ccc3c2[C@@]12CCN(CC1CC1)[C@H](C3)[C@@]2(C)O)C(=O)NC(C)C. The minimum absolute atomic E-state index is 0.00543. The highest BCUT2D eigenvalue weighted by Gasteiger charge is 2.68. The number of nitrogens with one attached hydrogen (secondary N) is 1. The van der Waals surface area contributed by atoms with Crippen LogP contribution in [0.3, 0.4) is 0 Å². The lowest BCUT2D eigenvalue weighted by Gasteiger charge is -2.59. The number of hydrogen-bond donors (Lipinski definition) is 3. The number of amides is 1. The van der Waals surface area contributed by atoms with Crippen LogP contribution in [0.1, 0.15) is 58.1 Å². The van der Waals surface area contributed by atoms with Gasteiger partial charge in [-0.05, 0) is 83.5 Å². The summed E-state index contributed by atoms with van der Waals surface area (Å²) in [6.45, 7) is 9.51. The van der Waals surface area contributed by atoms with E-state index in [1.165, 1.54) is 12.8 Å². The Morgan fingerprint density at radius 3 is 2.81 bits per heavy atom. The Labute approximate surface area is 184 Å². The van der Waals surface area contributed by atoms with Crippen molar-refractivity contribution < 1.29 is 19.7 Å². The van der Waals surface area contributed by atoms with E-state index in [4.69, 9.17) is 4.74 Å². The maximum Gasteiger partial charge on any atom is 0.246 e. The zero-order valence-electron chi connectivity index (χ0n) is 18.9. The molecule has 0 aromatic heterocycles. The number of ether oxygens (including phenoxy) is 1. The molecular formula is C25H34N2O4. The number of nitrogens with zero attached hydrogens (tertiary/aromatic N) is 1. The number of aromatic hydroxyl groups is 1. The standard InChI is InChI=1S/C25H34N2O4/c1-14(2)26-23(29)15(3)11-20-25-9-10-27(13-16-5-6-16)19(24(25,4)30)12-17-7-8-18(28)22(31-20)21(17)25/h7-8,11,14,16,19-20,28,30H,5-6,9-10,12-13H2,1-4H3,(H,26,29)/b15-11+/t19-,20+,24-,25-/m1/s1. The maximum atomic E-state index is 12.6. The zero-order chi connectivity index (χ0) is 22.1. The average molecular weight is 427 g/mol. The van der Waals surface area contributed by atoms with Crippen molar-refractivity contribution in [3.63, 3.8) is 0 Å². The quantitative estimate of drug-likeness (QED) is 0.631. The summed E-state index contributed by atoms with van der Waals surface area (Å²) in [5, 5.41) is 25.6. The number of likely N-dealkylation sites (tertiary alicyclic amines) is 1. The monoisotopic (exact) mass is 426 g/mol. The molecule has 6 heteroatoms. The molecule has 0 unspecified atom stereocenters. The van der Waals surface area contributed by atoms with Gasteiger partial charge < -0.3 is 20.3 Å². The zero-order valence-corrected chi connectivity index (χ0v) is 18.9. The lowest BCUT2D eigenvalue weighted by molar-refractivity contribution is -0.148. The van der Waals surface area contributed by atoms with E-state index in [-0.39, 0.29) is 23.7 Å². The molecule has 1 aromatic carbocycles. The van der Waals surface area contributed by atoms with Crippen LogP contribution in [-0.2, 0) is 16.6 Å². The average Bonchev–Trinajstić information content (AvgIpc) is 3.43. The molecular weight excluding hydrogens is 392 g/mol. The van der Waals surface area contributed by atoms with Crippen LogP contribution in [0.15, 0.2) is 23.8 Å². The summed E-state index contributed by atoms with van der Waals surface area (Å²) >= 11 is 0. The number of fused-ring (bicyclic) bond motifs is 1. The Morgan fingerprint density at radius 1 is 1.39 bits per heavy atom. The van der Waals surface area contributed by atoms with Gasteiger partial charge in [-0.2, -0.15) is 0 Å². The Morgan fingerprint density at radius 2 is 2.13 bits per heavy atom. The number of carbonyl (C=O) groups is 1. The van der Waals surface area contributed by atoms with E-state index in [9.17, 15) is 15.0 Å². The van der Waals surface area contributed by atoms with Gasteiger partial charge in [0.1, 0.15) is 6.10 Å². The molecule has 31 heavy (non-hydrogen) atoms. The van der Waals surface area contributed by atoms with Gasteiger partial charge in [0.2, 0.25) is 5.91 Å². The predicted molar refractivity (Wildman–Crippen MR) is 118 cm³/mol. The Balaban J connectivity index is 1.60. The van der Waals surface area contributed by atoms with Gasteiger partial charge in [-0.15, -0.1) is 0 Å². The van der Waals surface area contributed by atoms with E-state index >= 15 is 0 Å². The molecule has 6 nitrogen and oxygen atoms in total. The highest BCUT2D eigenvalue weighted by atomic mass is 16.5. The number of piperidine rings is 1. The molecule has 2 fully saturated rings. The highest BCUT2D eigenvalue weighted by Crippen LogP contribution is 2.62. The number of phenolic OH excluding ortho intramolecular Hbond substituents is 1. The molecule has 1 saturated carbocycles. The largest absolute Gasteiger partial charge is 0.504 e. The van der Waals surface area contributed by atoms with Crippen molar-refractivity contribution >= 4 is 5.91 Å². The van der Waals surface area contributed by atoms with Crippen LogP contribution in [0.4, 0.5) is 0 Å². The first-order valence-corrected chi connectivity index (χ1v) is 11.6. The number of phenols is 1. The van der Waals surface area contributed by atoms with Gasteiger partial charge in [-0.1, -0.05) is 6.07 Å². The van der Waals surface area contributed by atoms with Crippen LogP contribution in [-0.4, -0.2) is 57.9 Å². The molecule has 2 heterocycles. The fourth-order valence-electron chi connectivity index (χ4n) is 6.19. The van der Waals surface area contributed by atoms with E-state index in [0.29, 0.717) is 11.3 Å². The summed E-state index contributed by atoms with van der Waals surface area (Å²) < 4.78 is 6.34. The van der Waals surface area contributed by atoms with Gasteiger partial charge >= 0.3 is 0 Å². The minimum Gasteiger partial charge on any atom is -0.504 e. The topological polar surface area (TPSA) is 82.0 Å². The smallest absolute Gasteiger partial charge is 0.246 e. The van der Waals surface area contributed by atoms with Crippen LogP contribution in [0, 0.1) is 5.92 Å². The van der Waals surface area contributed by atoms with Crippen molar-refractivity contribution in [3.05, 3.63) is 34.9 Å². The van der Waals surface area contributed by atoms with Crippen molar-refractivity contribution in [1.29, 1.82) is 0 Å². The van der Waals surface area contributed by atoms with Crippen LogP contribution in [0.25, 0.3) is 0 Å². The maximum absolute atomic E-state index is 12.6. The van der Waals surface area contributed by atoms with Crippen molar-refractivity contribution in [2.24, 2.45) is 5.92 Å². The van der Waals surface area contributed by atoms with Gasteiger partial charge in [-0.3, -0.25) is 9.69 Å². The molecule has 2 aliphatic carbocycles. The molecule has 1 saturated heterocycles. The molecule has 1 amide bonds. The molecule has 4 atom stereocenters. The first-order valence-electron chi connectivity index (χ1n) is 11.6. The van der Waals surface area contributed by atoms with Crippen molar-refractivity contribution in [2.75, 3.05) is 13.1 Å². The van der Waals surface area contributed by atoms with Gasteiger partial charge in [0.25, 0.3) is 0 Å². The number of rotatable bonds is 5. The molecule has 4 aliphatic rings. The molecule has 1 aromatic rings. The van der Waals surface area contributed by atoms with Gasteiger partial charge in [0, 0.05) is 29.8 Å². The van der Waals surface area contributed by atoms with Gasteiger partial charge in [0.05, 0.1) is 11.0 Å². The fourth-order valence-corrected chi connectivity index (χ4v) is 6.19.